The molecule has 4 nitrogen and oxygen atoms in total. The Balaban J connectivity index is 2.24. The summed E-state index contributed by atoms with van der Waals surface area (Å²) in [4.78, 5) is 21.6. The van der Waals surface area contributed by atoms with Crippen molar-refractivity contribution >= 4 is 11.8 Å². The average molecular weight is 226 g/mol. The molecule has 16 heavy (non-hydrogen) atoms. The molecular formula is C12H22N2O2. The zero-order chi connectivity index (χ0) is 12.0. The monoisotopic (exact) mass is 226 g/mol. The third kappa shape index (κ3) is 5.14. The standard InChI is InChI=1S/C12H22N2O2/c1-9(15)13-7-11-4-3-5-12(6-11)8-14-10(2)16/h11-12H,3-8H2,1-2H3,(H,13,15)(H,14,16)/t11-,12+. The van der Waals surface area contributed by atoms with E-state index in [0.717, 1.165) is 19.5 Å². The summed E-state index contributed by atoms with van der Waals surface area (Å²) in [7, 11) is 0. The number of amides is 2. The van der Waals surface area contributed by atoms with Crippen LogP contribution in [0, 0.1) is 11.8 Å². The Morgan fingerprint density at radius 1 is 1.00 bits per heavy atom. The van der Waals surface area contributed by atoms with Crippen LogP contribution in [0.15, 0.2) is 0 Å². The van der Waals surface area contributed by atoms with Crippen LogP contribution in [0.25, 0.3) is 0 Å². The van der Waals surface area contributed by atoms with Gasteiger partial charge in [-0.3, -0.25) is 9.59 Å². The molecule has 2 amide bonds. The first kappa shape index (κ1) is 13.0. The lowest BCUT2D eigenvalue weighted by Crippen LogP contribution is -2.34. The first-order valence-electron chi connectivity index (χ1n) is 6.06. The first-order chi connectivity index (χ1) is 7.58. The molecular weight excluding hydrogens is 204 g/mol. The molecule has 0 aromatic rings. The first-order valence-corrected chi connectivity index (χ1v) is 6.06. The van der Waals surface area contributed by atoms with Crippen LogP contribution in [-0.4, -0.2) is 24.9 Å². The van der Waals surface area contributed by atoms with Crippen LogP contribution in [0.3, 0.4) is 0 Å². The van der Waals surface area contributed by atoms with Crippen molar-refractivity contribution in [1.82, 2.24) is 10.6 Å². The van der Waals surface area contributed by atoms with Gasteiger partial charge in [0.2, 0.25) is 11.8 Å². The number of hydrogen-bond donors (Lipinski definition) is 2. The molecule has 4 heteroatoms. The minimum atomic E-state index is 0.0454. The molecule has 0 saturated heterocycles. The highest BCUT2D eigenvalue weighted by Gasteiger charge is 2.21. The van der Waals surface area contributed by atoms with Crippen LogP contribution < -0.4 is 10.6 Å². The number of nitrogens with one attached hydrogen (secondary N) is 2. The molecule has 0 bridgehead atoms. The number of rotatable bonds is 4. The molecule has 1 aliphatic carbocycles. The van der Waals surface area contributed by atoms with Gasteiger partial charge in [-0.2, -0.15) is 0 Å². The van der Waals surface area contributed by atoms with Crippen molar-refractivity contribution < 1.29 is 9.59 Å². The molecule has 0 aromatic carbocycles. The van der Waals surface area contributed by atoms with Crippen LogP contribution >= 0.6 is 0 Å². The fraction of sp³-hybridized carbons (Fsp3) is 0.833. The van der Waals surface area contributed by atoms with E-state index in [0.29, 0.717) is 11.8 Å². The van der Waals surface area contributed by atoms with Crippen LogP contribution in [0.2, 0.25) is 0 Å². The van der Waals surface area contributed by atoms with Crippen molar-refractivity contribution in [3.8, 4) is 0 Å². The molecule has 0 aromatic heterocycles. The van der Waals surface area contributed by atoms with E-state index in [4.69, 9.17) is 0 Å². The second-order valence-electron chi connectivity index (χ2n) is 4.77. The molecule has 0 spiro atoms. The fourth-order valence-electron chi connectivity index (χ4n) is 2.35. The molecule has 0 radical (unpaired) electrons. The molecule has 0 heterocycles. The van der Waals surface area contributed by atoms with Gasteiger partial charge in [0, 0.05) is 26.9 Å². The molecule has 1 saturated carbocycles. The minimum Gasteiger partial charge on any atom is -0.356 e. The van der Waals surface area contributed by atoms with Gasteiger partial charge in [-0.15, -0.1) is 0 Å². The Morgan fingerprint density at radius 2 is 1.44 bits per heavy atom. The van der Waals surface area contributed by atoms with Crippen LogP contribution in [0.5, 0.6) is 0 Å². The Labute approximate surface area is 97.2 Å². The lowest BCUT2D eigenvalue weighted by atomic mass is 9.81. The Hall–Kier alpha value is -1.06. The topological polar surface area (TPSA) is 58.2 Å². The quantitative estimate of drug-likeness (QED) is 0.753. The van der Waals surface area contributed by atoms with Crippen LogP contribution in [-0.2, 0) is 9.59 Å². The van der Waals surface area contributed by atoms with E-state index in [2.05, 4.69) is 10.6 Å². The van der Waals surface area contributed by atoms with Gasteiger partial charge in [-0.25, -0.2) is 0 Å². The van der Waals surface area contributed by atoms with Gasteiger partial charge >= 0.3 is 0 Å². The summed E-state index contributed by atoms with van der Waals surface area (Å²) in [5.74, 6) is 1.25. The SMILES string of the molecule is CC(=O)NC[C@H]1CCC[C@@H](CNC(C)=O)C1. The van der Waals surface area contributed by atoms with Crippen molar-refractivity contribution in [3.63, 3.8) is 0 Å². The molecule has 2 N–H and O–H groups in total. The van der Waals surface area contributed by atoms with Crippen molar-refractivity contribution in [2.45, 2.75) is 39.5 Å². The molecule has 92 valence electrons. The van der Waals surface area contributed by atoms with Gasteiger partial charge in [0.15, 0.2) is 0 Å². The average Bonchev–Trinajstić information content (AvgIpc) is 2.24. The maximum atomic E-state index is 10.8. The highest BCUT2D eigenvalue weighted by Crippen LogP contribution is 2.28. The van der Waals surface area contributed by atoms with Gasteiger partial charge < -0.3 is 10.6 Å². The Kier molecular flexibility index (Phi) is 5.29. The summed E-state index contributed by atoms with van der Waals surface area (Å²) in [5, 5.41) is 5.75. The number of carbonyl (C=O) groups excluding carboxylic acids is 2. The van der Waals surface area contributed by atoms with Gasteiger partial charge in [0.05, 0.1) is 0 Å². The second-order valence-corrected chi connectivity index (χ2v) is 4.77. The number of carbonyl (C=O) groups is 2. The second kappa shape index (κ2) is 6.51. The normalized spacial score (nSPS) is 24.9. The highest BCUT2D eigenvalue weighted by atomic mass is 16.2. The predicted octanol–water partition coefficient (Wildman–Crippen LogP) is 1.06. The maximum absolute atomic E-state index is 10.8. The zero-order valence-electron chi connectivity index (χ0n) is 10.2. The lowest BCUT2D eigenvalue weighted by molar-refractivity contribution is -0.119. The minimum absolute atomic E-state index is 0.0454. The van der Waals surface area contributed by atoms with E-state index in [9.17, 15) is 9.59 Å². The summed E-state index contributed by atoms with van der Waals surface area (Å²) >= 11 is 0. The smallest absolute Gasteiger partial charge is 0.216 e. The van der Waals surface area contributed by atoms with E-state index >= 15 is 0 Å². The van der Waals surface area contributed by atoms with Crippen LogP contribution in [0.4, 0.5) is 0 Å². The number of hydrogen-bond acceptors (Lipinski definition) is 2. The summed E-state index contributed by atoms with van der Waals surface area (Å²) in [6.07, 6.45) is 4.70. The molecule has 1 aliphatic rings. The maximum Gasteiger partial charge on any atom is 0.216 e. The predicted molar refractivity (Wildman–Crippen MR) is 62.8 cm³/mol. The Bertz CT molecular complexity index is 229. The molecule has 2 atom stereocenters. The largest absolute Gasteiger partial charge is 0.356 e. The third-order valence-corrected chi connectivity index (χ3v) is 3.17. The lowest BCUT2D eigenvalue weighted by Gasteiger charge is -2.29. The summed E-state index contributed by atoms with van der Waals surface area (Å²) in [6, 6.07) is 0. The molecule has 1 rings (SSSR count). The van der Waals surface area contributed by atoms with E-state index in [1.54, 1.807) is 13.8 Å². The van der Waals surface area contributed by atoms with Gasteiger partial charge in [-0.05, 0) is 31.1 Å². The van der Waals surface area contributed by atoms with Gasteiger partial charge in [-0.1, -0.05) is 6.42 Å². The Morgan fingerprint density at radius 3 is 1.81 bits per heavy atom. The summed E-state index contributed by atoms with van der Waals surface area (Å²) in [6.45, 7) is 4.67. The fourth-order valence-corrected chi connectivity index (χ4v) is 2.35. The van der Waals surface area contributed by atoms with Gasteiger partial charge in [0.25, 0.3) is 0 Å². The van der Waals surface area contributed by atoms with Crippen molar-refractivity contribution in [2.24, 2.45) is 11.8 Å². The molecule has 0 unspecified atom stereocenters. The van der Waals surface area contributed by atoms with Crippen molar-refractivity contribution in [3.05, 3.63) is 0 Å². The van der Waals surface area contributed by atoms with Crippen molar-refractivity contribution in [2.75, 3.05) is 13.1 Å². The zero-order valence-corrected chi connectivity index (χ0v) is 10.2. The third-order valence-electron chi connectivity index (χ3n) is 3.17. The summed E-state index contributed by atoms with van der Waals surface area (Å²) in [5.41, 5.74) is 0. The molecule has 0 aliphatic heterocycles. The van der Waals surface area contributed by atoms with E-state index in [-0.39, 0.29) is 11.8 Å². The summed E-state index contributed by atoms with van der Waals surface area (Å²) < 4.78 is 0. The van der Waals surface area contributed by atoms with Crippen molar-refractivity contribution in [1.29, 1.82) is 0 Å². The van der Waals surface area contributed by atoms with E-state index in [1.807, 2.05) is 0 Å². The van der Waals surface area contributed by atoms with E-state index in [1.165, 1.54) is 19.3 Å². The van der Waals surface area contributed by atoms with Crippen LogP contribution in [0.1, 0.15) is 39.5 Å². The van der Waals surface area contributed by atoms with Gasteiger partial charge in [0.1, 0.15) is 0 Å². The highest BCUT2D eigenvalue weighted by molar-refractivity contribution is 5.73. The van der Waals surface area contributed by atoms with E-state index < -0.39 is 0 Å². The molecule has 1 fully saturated rings.